The van der Waals surface area contributed by atoms with Crippen molar-refractivity contribution in [2.45, 2.75) is 46.1 Å². The number of anilines is 1. The molecule has 0 aromatic carbocycles. The topological polar surface area (TPSA) is 107 Å². The summed E-state index contributed by atoms with van der Waals surface area (Å²) in [6.45, 7) is 5.71. The molecule has 0 spiro atoms. The van der Waals surface area contributed by atoms with Crippen molar-refractivity contribution in [2.75, 3.05) is 16.8 Å². The minimum Gasteiger partial charge on any atom is -0.300 e. The van der Waals surface area contributed by atoms with Gasteiger partial charge in [0.2, 0.25) is 11.0 Å². The van der Waals surface area contributed by atoms with Crippen molar-refractivity contribution >= 4 is 32.2 Å². The van der Waals surface area contributed by atoms with Crippen LogP contribution in [0.1, 0.15) is 41.3 Å². The van der Waals surface area contributed by atoms with Crippen molar-refractivity contribution in [3.05, 3.63) is 22.0 Å². The Bertz CT molecular complexity index is 900. The zero-order chi connectivity index (χ0) is 18.2. The highest BCUT2D eigenvalue weighted by atomic mass is 32.2. The molecule has 8 nitrogen and oxygen atoms in total. The van der Waals surface area contributed by atoms with Gasteiger partial charge in [-0.2, -0.15) is 5.10 Å². The van der Waals surface area contributed by atoms with Crippen LogP contribution in [0.5, 0.6) is 0 Å². The Balaban J connectivity index is 1.73. The van der Waals surface area contributed by atoms with E-state index in [1.807, 2.05) is 20.8 Å². The number of nitrogens with one attached hydrogen (secondary N) is 1. The fourth-order valence-electron chi connectivity index (χ4n) is 3.05. The molecule has 3 heterocycles. The Morgan fingerprint density at radius 1 is 1.36 bits per heavy atom. The molecule has 1 atom stereocenters. The summed E-state index contributed by atoms with van der Waals surface area (Å²) in [6.07, 6.45) is 1.53. The second-order valence-corrected chi connectivity index (χ2v) is 9.52. The summed E-state index contributed by atoms with van der Waals surface area (Å²) >= 11 is 1.36. The van der Waals surface area contributed by atoms with Crippen LogP contribution in [0.4, 0.5) is 5.13 Å². The summed E-state index contributed by atoms with van der Waals surface area (Å²) in [5.41, 5.74) is 2.44. The summed E-state index contributed by atoms with van der Waals surface area (Å²) in [6, 6.07) is -0.143. The molecule has 2 aromatic rings. The molecule has 2 aromatic heterocycles. The van der Waals surface area contributed by atoms with Gasteiger partial charge in [-0.3, -0.25) is 9.48 Å². The molecule has 1 amide bonds. The average molecular weight is 383 g/mol. The van der Waals surface area contributed by atoms with Crippen molar-refractivity contribution < 1.29 is 13.2 Å². The Kier molecular flexibility index (Phi) is 4.92. The van der Waals surface area contributed by atoms with Crippen LogP contribution in [0.2, 0.25) is 0 Å². The van der Waals surface area contributed by atoms with Crippen LogP contribution in [-0.2, 0) is 27.5 Å². The highest BCUT2D eigenvalue weighted by molar-refractivity contribution is 7.91. The molecule has 1 aliphatic rings. The number of aryl methyl sites for hydroxylation is 2. The van der Waals surface area contributed by atoms with E-state index in [2.05, 4.69) is 20.6 Å². The monoisotopic (exact) mass is 383 g/mol. The highest BCUT2D eigenvalue weighted by Crippen LogP contribution is 2.27. The van der Waals surface area contributed by atoms with Gasteiger partial charge in [-0.05, 0) is 26.7 Å². The zero-order valence-electron chi connectivity index (χ0n) is 14.4. The van der Waals surface area contributed by atoms with E-state index >= 15 is 0 Å². The van der Waals surface area contributed by atoms with Gasteiger partial charge in [-0.25, -0.2) is 8.42 Å². The van der Waals surface area contributed by atoms with Crippen LogP contribution in [0.15, 0.2) is 0 Å². The number of nitrogens with zero attached hydrogens (tertiary/aromatic N) is 4. The molecule has 1 aliphatic heterocycles. The molecule has 10 heteroatoms. The predicted octanol–water partition coefficient (Wildman–Crippen LogP) is 1.45. The van der Waals surface area contributed by atoms with E-state index < -0.39 is 9.84 Å². The molecule has 0 bridgehead atoms. The highest BCUT2D eigenvalue weighted by Gasteiger charge is 2.31. The summed E-state index contributed by atoms with van der Waals surface area (Å²) in [5.74, 6) is 0.136. The maximum Gasteiger partial charge on any atom is 0.230 e. The van der Waals surface area contributed by atoms with Gasteiger partial charge in [0.1, 0.15) is 5.01 Å². The van der Waals surface area contributed by atoms with Gasteiger partial charge < -0.3 is 5.32 Å². The second-order valence-electron chi connectivity index (χ2n) is 6.23. The zero-order valence-corrected chi connectivity index (χ0v) is 16.1. The third kappa shape index (κ3) is 3.90. The van der Waals surface area contributed by atoms with Gasteiger partial charge in [-0.1, -0.05) is 18.3 Å². The van der Waals surface area contributed by atoms with Crippen LogP contribution in [-0.4, -0.2) is 45.8 Å². The number of carbonyl (C=O) groups excluding carboxylic acids is 1. The summed E-state index contributed by atoms with van der Waals surface area (Å²) in [7, 11) is -2.98. The molecular formula is C15H21N5O3S2. The molecule has 1 saturated heterocycles. The van der Waals surface area contributed by atoms with Crippen molar-refractivity contribution in [1.29, 1.82) is 0 Å². The number of hydrogen-bond acceptors (Lipinski definition) is 7. The molecule has 0 unspecified atom stereocenters. The molecule has 0 radical (unpaired) electrons. The lowest BCUT2D eigenvalue weighted by atomic mass is 10.1. The third-order valence-electron chi connectivity index (χ3n) is 4.38. The largest absolute Gasteiger partial charge is 0.300 e. The van der Waals surface area contributed by atoms with Gasteiger partial charge in [0.05, 0.1) is 29.7 Å². The first kappa shape index (κ1) is 18.0. The Labute approximate surface area is 150 Å². The molecule has 1 N–H and O–H groups in total. The number of hydrogen-bond donors (Lipinski definition) is 1. The molecule has 136 valence electrons. The van der Waals surface area contributed by atoms with E-state index in [0.717, 1.165) is 28.4 Å². The standard InChI is InChI=1S/C15H21N5O3S2/c1-4-14-17-18-15(24-14)16-13(21)7-12-9(2)19-20(10(12)3)11-5-6-25(22,23)8-11/h11H,4-8H2,1-3H3,(H,16,18,21)/t11-/m1/s1. The van der Waals surface area contributed by atoms with Gasteiger partial charge in [-0.15, -0.1) is 10.2 Å². The van der Waals surface area contributed by atoms with E-state index in [0.29, 0.717) is 11.6 Å². The summed E-state index contributed by atoms with van der Waals surface area (Å²) in [5, 5.41) is 16.5. The number of amides is 1. The molecular weight excluding hydrogens is 362 g/mol. The van der Waals surface area contributed by atoms with Crippen LogP contribution >= 0.6 is 11.3 Å². The van der Waals surface area contributed by atoms with Crippen molar-refractivity contribution in [2.24, 2.45) is 0 Å². The Morgan fingerprint density at radius 3 is 2.72 bits per heavy atom. The lowest BCUT2D eigenvalue weighted by molar-refractivity contribution is -0.115. The third-order valence-corrected chi connectivity index (χ3v) is 7.12. The van der Waals surface area contributed by atoms with Crippen molar-refractivity contribution in [3.8, 4) is 0 Å². The smallest absolute Gasteiger partial charge is 0.230 e. The minimum atomic E-state index is -2.98. The molecule has 25 heavy (non-hydrogen) atoms. The number of aromatic nitrogens is 4. The Morgan fingerprint density at radius 2 is 2.12 bits per heavy atom. The van der Waals surface area contributed by atoms with Crippen LogP contribution < -0.4 is 5.32 Å². The van der Waals surface area contributed by atoms with Gasteiger partial charge in [0, 0.05) is 11.3 Å². The number of carbonyl (C=O) groups is 1. The normalized spacial score (nSPS) is 19.2. The lowest BCUT2D eigenvalue weighted by Crippen LogP contribution is -2.16. The first-order chi connectivity index (χ1) is 11.8. The lowest BCUT2D eigenvalue weighted by Gasteiger charge is -2.11. The fraction of sp³-hybridized carbons (Fsp3) is 0.600. The van der Waals surface area contributed by atoms with Crippen molar-refractivity contribution in [3.63, 3.8) is 0 Å². The number of sulfone groups is 1. The van der Waals surface area contributed by atoms with Gasteiger partial charge >= 0.3 is 0 Å². The first-order valence-electron chi connectivity index (χ1n) is 8.16. The average Bonchev–Trinajstić information content (AvgIpc) is 3.21. The first-order valence-corrected chi connectivity index (χ1v) is 10.8. The van der Waals surface area contributed by atoms with E-state index in [1.165, 1.54) is 11.3 Å². The Hall–Kier alpha value is -1.81. The minimum absolute atomic E-state index is 0.116. The van der Waals surface area contributed by atoms with Gasteiger partial charge in [0.25, 0.3) is 0 Å². The van der Waals surface area contributed by atoms with Crippen LogP contribution in [0.25, 0.3) is 0 Å². The predicted molar refractivity (Wildman–Crippen MR) is 95.6 cm³/mol. The van der Waals surface area contributed by atoms with E-state index in [4.69, 9.17) is 0 Å². The fourth-order valence-corrected chi connectivity index (χ4v) is 5.44. The SMILES string of the molecule is CCc1nnc(NC(=O)Cc2c(C)nn([C@@H]3CCS(=O)(=O)C3)c2C)s1. The van der Waals surface area contributed by atoms with Gasteiger partial charge in [0.15, 0.2) is 9.84 Å². The number of rotatable bonds is 5. The second kappa shape index (κ2) is 6.83. The molecule has 1 fully saturated rings. The molecule has 0 aliphatic carbocycles. The summed E-state index contributed by atoms with van der Waals surface area (Å²) < 4.78 is 25.2. The quantitative estimate of drug-likeness (QED) is 0.837. The maximum absolute atomic E-state index is 12.3. The molecule has 3 rings (SSSR count). The van der Waals surface area contributed by atoms with Crippen LogP contribution in [0, 0.1) is 13.8 Å². The van der Waals surface area contributed by atoms with Crippen LogP contribution in [0.3, 0.4) is 0 Å². The molecule has 0 saturated carbocycles. The van der Waals surface area contributed by atoms with E-state index in [9.17, 15) is 13.2 Å². The van der Waals surface area contributed by atoms with Crippen molar-refractivity contribution in [1.82, 2.24) is 20.0 Å². The maximum atomic E-state index is 12.3. The summed E-state index contributed by atoms with van der Waals surface area (Å²) in [4.78, 5) is 12.3. The van der Waals surface area contributed by atoms with E-state index in [-0.39, 0.29) is 29.9 Å². The van der Waals surface area contributed by atoms with E-state index in [1.54, 1.807) is 4.68 Å².